The topological polar surface area (TPSA) is 95.6 Å². The molecule has 1 amide bonds. The van der Waals surface area contributed by atoms with Gasteiger partial charge in [0, 0.05) is 19.4 Å². The molecule has 1 fully saturated rings. The molecule has 170 valence electrons. The molecule has 7 nitrogen and oxygen atoms in total. The highest BCUT2D eigenvalue weighted by atomic mass is 32.2. The van der Waals surface area contributed by atoms with E-state index < -0.39 is 21.4 Å². The average molecular weight is 460 g/mol. The Morgan fingerprint density at radius 1 is 1.16 bits per heavy atom. The molecule has 0 spiro atoms. The number of rotatable bonds is 5. The molecule has 0 aromatic heterocycles. The van der Waals surface area contributed by atoms with Crippen LogP contribution in [-0.2, 0) is 19.6 Å². The van der Waals surface area contributed by atoms with Gasteiger partial charge in [-0.1, -0.05) is 18.6 Å². The molecule has 1 heterocycles. The molecule has 9 heteroatoms. The van der Waals surface area contributed by atoms with Gasteiger partial charge in [0.2, 0.25) is 15.9 Å². The lowest BCUT2D eigenvalue weighted by molar-refractivity contribution is -0.132. The Kier molecular flexibility index (Phi) is 5.48. The fourth-order valence-corrected chi connectivity index (χ4v) is 5.03. The minimum absolute atomic E-state index is 0.00786. The second-order valence-corrected chi connectivity index (χ2v) is 10.5. The van der Waals surface area contributed by atoms with Gasteiger partial charge in [0.1, 0.15) is 11.4 Å². The Morgan fingerprint density at radius 2 is 1.81 bits per heavy atom. The first kappa shape index (κ1) is 22.3. The Balaban J connectivity index is 1.68. The third-order valence-corrected chi connectivity index (χ3v) is 6.86. The van der Waals surface area contributed by atoms with Crippen molar-refractivity contribution in [2.75, 3.05) is 27.7 Å². The standard InChI is InChI=1S/C23H26FN3O4S/c1-14(28)27-21-10-8-17(16-7-9-19(18(24)11-16)26-32(3,30)31)12-20(21)25-13-23(27,2)22(29)15-5-4-6-15/h7-12,15,25-26H,4-6,13H2,1-3H3/t23-/m0/s1. The molecule has 1 saturated carbocycles. The van der Waals surface area contributed by atoms with Gasteiger partial charge in [0.05, 0.1) is 23.3 Å². The van der Waals surface area contributed by atoms with E-state index in [0.717, 1.165) is 25.5 Å². The first-order valence-electron chi connectivity index (χ1n) is 10.5. The van der Waals surface area contributed by atoms with Crippen LogP contribution < -0.4 is 14.9 Å². The molecule has 2 N–H and O–H groups in total. The number of nitrogens with zero attached hydrogens (tertiary/aromatic N) is 1. The number of amides is 1. The molecule has 0 radical (unpaired) electrons. The molecular formula is C23H26FN3O4S. The third kappa shape index (κ3) is 3.97. The smallest absolute Gasteiger partial charge is 0.229 e. The van der Waals surface area contributed by atoms with Gasteiger partial charge in [-0.15, -0.1) is 0 Å². The normalized spacial score (nSPS) is 20.7. The Bertz CT molecular complexity index is 1210. The summed E-state index contributed by atoms with van der Waals surface area (Å²) in [5.74, 6) is -0.829. The highest BCUT2D eigenvalue weighted by Crippen LogP contribution is 2.42. The number of benzene rings is 2. The number of fused-ring (bicyclic) bond motifs is 1. The summed E-state index contributed by atoms with van der Waals surface area (Å²) in [5, 5.41) is 3.29. The number of nitrogens with one attached hydrogen (secondary N) is 2. The van der Waals surface area contributed by atoms with Crippen LogP contribution in [0.5, 0.6) is 0 Å². The number of sulfonamides is 1. The first-order valence-corrected chi connectivity index (χ1v) is 12.4. The van der Waals surface area contributed by atoms with Gasteiger partial charge >= 0.3 is 0 Å². The van der Waals surface area contributed by atoms with Gasteiger partial charge < -0.3 is 5.32 Å². The van der Waals surface area contributed by atoms with Crippen LogP contribution in [0.15, 0.2) is 36.4 Å². The second kappa shape index (κ2) is 7.88. The van der Waals surface area contributed by atoms with Gasteiger partial charge in [-0.3, -0.25) is 19.2 Å². The zero-order valence-electron chi connectivity index (χ0n) is 18.2. The molecule has 4 rings (SSSR count). The number of halogens is 1. The van der Waals surface area contributed by atoms with E-state index in [1.807, 2.05) is 6.92 Å². The van der Waals surface area contributed by atoms with Crippen LogP contribution in [0.25, 0.3) is 11.1 Å². The van der Waals surface area contributed by atoms with Crippen molar-refractivity contribution in [2.24, 2.45) is 5.92 Å². The molecule has 2 aromatic rings. The van der Waals surface area contributed by atoms with Crippen LogP contribution in [0.4, 0.5) is 21.5 Å². The number of ketones is 1. The predicted molar refractivity (Wildman–Crippen MR) is 123 cm³/mol. The monoisotopic (exact) mass is 459 g/mol. The number of hydrogen-bond acceptors (Lipinski definition) is 5. The van der Waals surface area contributed by atoms with E-state index in [0.29, 0.717) is 29.0 Å². The van der Waals surface area contributed by atoms with Crippen molar-refractivity contribution in [3.05, 3.63) is 42.2 Å². The molecule has 2 aromatic carbocycles. The summed E-state index contributed by atoms with van der Waals surface area (Å²) in [6, 6.07) is 9.56. The van der Waals surface area contributed by atoms with Crippen LogP contribution in [0.2, 0.25) is 0 Å². The maximum Gasteiger partial charge on any atom is 0.229 e. The number of carbonyl (C=O) groups excluding carboxylic acids is 2. The molecular weight excluding hydrogens is 433 g/mol. The first-order chi connectivity index (χ1) is 15.0. The Hall–Kier alpha value is -2.94. The summed E-state index contributed by atoms with van der Waals surface area (Å²) >= 11 is 0. The van der Waals surface area contributed by atoms with E-state index in [9.17, 15) is 22.4 Å². The molecule has 0 bridgehead atoms. The van der Waals surface area contributed by atoms with Crippen molar-refractivity contribution >= 4 is 38.8 Å². The summed E-state index contributed by atoms with van der Waals surface area (Å²) in [5.41, 5.74) is 1.45. The van der Waals surface area contributed by atoms with Crippen molar-refractivity contribution < 1.29 is 22.4 Å². The quantitative estimate of drug-likeness (QED) is 0.710. The summed E-state index contributed by atoms with van der Waals surface area (Å²) in [6.07, 6.45) is 3.72. The number of anilines is 3. The highest BCUT2D eigenvalue weighted by molar-refractivity contribution is 7.92. The summed E-state index contributed by atoms with van der Waals surface area (Å²) in [6.45, 7) is 3.56. The van der Waals surface area contributed by atoms with Crippen molar-refractivity contribution in [3.8, 4) is 11.1 Å². The van der Waals surface area contributed by atoms with Gasteiger partial charge in [0.15, 0.2) is 5.78 Å². The summed E-state index contributed by atoms with van der Waals surface area (Å²) < 4.78 is 39.3. The van der Waals surface area contributed by atoms with Crippen LogP contribution in [0.1, 0.15) is 33.1 Å². The van der Waals surface area contributed by atoms with E-state index in [-0.39, 0.29) is 23.3 Å². The zero-order chi connectivity index (χ0) is 23.3. The van der Waals surface area contributed by atoms with Crippen molar-refractivity contribution in [1.82, 2.24) is 0 Å². The fourth-order valence-electron chi connectivity index (χ4n) is 4.47. The van der Waals surface area contributed by atoms with Crippen LogP contribution in [0.3, 0.4) is 0 Å². The lowest BCUT2D eigenvalue weighted by Gasteiger charge is -2.47. The van der Waals surface area contributed by atoms with Gasteiger partial charge in [-0.2, -0.15) is 0 Å². The number of carbonyl (C=O) groups is 2. The van der Waals surface area contributed by atoms with E-state index >= 15 is 0 Å². The van der Waals surface area contributed by atoms with Gasteiger partial charge in [-0.05, 0) is 55.2 Å². The lowest BCUT2D eigenvalue weighted by Crippen LogP contribution is -2.63. The molecule has 0 saturated heterocycles. The predicted octanol–water partition coefficient (Wildman–Crippen LogP) is 3.77. The SMILES string of the molecule is CC(=O)N1c2ccc(-c3ccc(NS(C)(=O)=O)c(F)c3)cc2NC[C@@]1(C)C(=O)C1CCC1. The van der Waals surface area contributed by atoms with E-state index in [1.54, 1.807) is 29.2 Å². The average Bonchev–Trinajstić information content (AvgIpc) is 2.66. The number of hydrogen-bond donors (Lipinski definition) is 2. The van der Waals surface area contributed by atoms with Gasteiger partial charge in [-0.25, -0.2) is 12.8 Å². The largest absolute Gasteiger partial charge is 0.381 e. The third-order valence-electron chi connectivity index (χ3n) is 6.27. The molecule has 1 atom stereocenters. The minimum atomic E-state index is -3.59. The number of Topliss-reactive ketones (excluding diaryl/α,β-unsaturated/α-hetero) is 1. The summed E-state index contributed by atoms with van der Waals surface area (Å²) in [4.78, 5) is 27.3. The van der Waals surface area contributed by atoms with Crippen LogP contribution >= 0.6 is 0 Å². The van der Waals surface area contributed by atoms with Crippen molar-refractivity contribution in [2.45, 2.75) is 38.6 Å². The van der Waals surface area contributed by atoms with E-state index in [1.165, 1.54) is 19.1 Å². The lowest BCUT2D eigenvalue weighted by atomic mass is 9.73. The molecule has 1 aliphatic heterocycles. The van der Waals surface area contributed by atoms with Gasteiger partial charge in [0.25, 0.3) is 0 Å². The van der Waals surface area contributed by atoms with Crippen LogP contribution in [-0.4, -0.2) is 38.4 Å². The molecule has 0 unspecified atom stereocenters. The van der Waals surface area contributed by atoms with Crippen molar-refractivity contribution in [1.29, 1.82) is 0 Å². The second-order valence-electron chi connectivity index (χ2n) is 8.77. The summed E-state index contributed by atoms with van der Waals surface area (Å²) in [7, 11) is -3.59. The fraction of sp³-hybridized carbons (Fsp3) is 0.391. The minimum Gasteiger partial charge on any atom is -0.381 e. The Labute approximate surface area is 187 Å². The molecule has 1 aliphatic carbocycles. The maximum absolute atomic E-state index is 14.4. The molecule has 32 heavy (non-hydrogen) atoms. The van der Waals surface area contributed by atoms with E-state index in [4.69, 9.17) is 0 Å². The highest BCUT2D eigenvalue weighted by Gasteiger charge is 2.48. The maximum atomic E-state index is 14.4. The molecule has 2 aliphatic rings. The Morgan fingerprint density at radius 3 is 2.38 bits per heavy atom. The van der Waals surface area contributed by atoms with E-state index in [2.05, 4.69) is 10.0 Å². The van der Waals surface area contributed by atoms with Crippen molar-refractivity contribution in [3.63, 3.8) is 0 Å². The zero-order valence-corrected chi connectivity index (χ0v) is 19.1. The van der Waals surface area contributed by atoms with Crippen LogP contribution in [0, 0.1) is 11.7 Å².